The van der Waals surface area contributed by atoms with Gasteiger partial charge in [-0.25, -0.2) is 9.42 Å². The normalized spacial score (nSPS) is 24.7. The van der Waals surface area contributed by atoms with Gasteiger partial charge in [0.2, 0.25) is 0 Å². The smallest absolute Gasteiger partial charge is 0.156 e. The maximum atomic E-state index is 5.52. The van der Waals surface area contributed by atoms with Gasteiger partial charge in [0, 0.05) is 30.1 Å². The molecule has 3 aromatic rings. The van der Waals surface area contributed by atoms with Crippen LogP contribution in [0.3, 0.4) is 0 Å². The van der Waals surface area contributed by atoms with Gasteiger partial charge < -0.3 is 4.67 Å². The van der Waals surface area contributed by atoms with Gasteiger partial charge in [-0.05, 0) is 37.1 Å². The van der Waals surface area contributed by atoms with E-state index in [9.17, 15) is 0 Å². The lowest BCUT2D eigenvalue weighted by Crippen LogP contribution is -2.27. The summed E-state index contributed by atoms with van der Waals surface area (Å²) in [7, 11) is -2.07. The number of fused-ring (bicyclic) bond motifs is 1. The predicted molar refractivity (Wildman–Crippen MR) is 115 cm³/mol. The SMILES string of the molecule is c1ccc(N=P2(c3ccccc3)N(c3ccccc3)C[C@@H]3CCCN32)cc1. The maximum absolute atomic E-state index is 5.52. The van der Waals surface area contributed by atoms with Crippen LogP contribution < -0.4 is 9.97 Å². The summed E-state index contributed by atoms with van der Waals surface area (Å²) in [5, 5.41) is 1.35. The molecule has 2 saturated heterocycles. The Morgan fingerprint density at radius 1 is 0.778 bits per heavy atom. The van der Waals surface area contributed by atoms with E-state index in [0.717, 1.165) is 18.8 Å². The van der Waals surface area contributed by atoms with E-state index in [0.29, 0.717) is 6.04 Å². The Morgan fingerprint density at radius 3 is 2.11 bits per heavy atom. The van der Waals surface area contributed by atoms with Crippen LogP contribution in [0.25, 0.3) is 0 Å². The van der Waals surface area contributed by atoms with Crippen molar-refractivity contribution in [3.05, 3.63) is 91.0 Å². The van der Waals surface area contributed by atoms with Crippen LogP contribution in [0, 0.1) is 0 Å². The van der Waals surface area contributed by atoms with Crippen molar-refractivity contribution in [1.82, 2.24) is 4.67 Å². The molecule has 2 fully saturated rings. The zero-order valence-electron chi connectivity index (χ0n) is 15.4. The monoisotopic (exact) mass is 373 g/mol. The fourth-order valence-corrected chi connectivity index (χ4v) is 8.59. The molecule has 2 heterocycles. The molecule has 3 nitrogen and oxygen atoms in total. The van der Waals surface area contributed by atoms with Gasteiger partial charge in [-0.1, -0.05) is 66.7 Å². The highest BCUT2D eigenvalue weighted by Crippen LogP contribution is 2.65. The Bertz CT molecular complexity index is 957. The van der Waals surface area contributed by atoms with Crippen LogP contribution in [-0.2, 0) is 0 Å². The van der Waals surface area contributed by atoms with E-state index in [1.54, 1.807) is 0 Å². The minimum absolute atomic E-state index is 0.589. The van der Waals surface area contributed by atoms with Crippen molar-refractivity contribution >= 4 is 24.0 Å². The first-order valence-corrected chi connectivity index (χ1v) is 11.4. The average molecular weight is 373 g/mol. The molecule has 2 aliphatic rings. The van der Waals surface area contributed by atoms with E-state index >= 15 is 0 Å². The van der Waals surface area contributed by atoms with Crippen molar-refractivity contribution in [1.29, 1.82) is 0 Å². The topological polar surface area (TPSA) is 18.8 Å². The summed E-state index contributed by atoms with van der Waals surface area (Å²) >= 11 is 0. The van der Waals surface area contributed by atoms with Gasteiger partial charge in [-0.15, -0.1) is 0 Å². The largest absolute Gasteiger partial charge is 0.322 e. The summed E-state index contributed by atoms with van der Waals surface area (Å²) in [4.78, 5) is 0. The Labute approximate surface area is 161 Å². The van der Waals surface area contributed by atoms with Crippen molar-refractivity contribution in [3.8, 4) is 0 Å². The molecule has 4 heteroatoms. The predicted octanol–water partition coefficient (Wildman–Crippen LogP) is 5.66. The molecule has 2 aliphatic heterocycles. The van der Waals surface area contributed by atoms with Crippen LogP contribution in [0.5, 0.6) is 0 Å². The highest BCUT2D eigenvalue weighted by Gasteiger charge is 2.49. The molecule has 1 unspecified atom stereocenters. The summed E-state index contributed by atoms with van der Waals surface area (Å²) < 4.78 is 10.9. The molecule has 0 bridgehead atoms. The van der Waals surface area contributed by atoms with Crippen LogP contribution in [0.4, 0.5) is 11.4 Å². The lowest BCUT2D eigenvalue weighted by molar-refractivity contribution is 0.464. The minimum atomic E-state index is -2.07. The lowest BCUT2D eigenvalue weighted by Gasteiger charge is -2.37. The van der Waals surface area contributed by atoms with E-state index in [-0.39, 0.29) is 0 Å². The molecule has 2 atom stereocenters. The summed E-state index contributed by atoms with van der Waals surface area (Å²) in [5.74, 6) is 0. The molecule has 0 saturated carbocycles. The van der Waals surface area contributed by atoms with Crippen molar-refractivity contribution in [2.45, 2.75) is 18.9 Å². The molecule has 0 radical (unpaired) electrons. The number of anilines is 1. The van der Waals surface area contributed by atoms with E-state index in [2.05, 4.69) is 100 Å². The lowest BCUT2D eigenvalue weighted by atomic mass is 10.2. The standard InChI is InChI=1S/C23H24N3P/c1-4-11-20(12-5-1)24-27(23-16-8-3-9-17-23)25-18-10-15-22(25)19-26(27)21-13-6-2-7-14-21/h1-9,11-14,16-17,22H,10,15,18-19H2/t22-,27?/m0/s1. The van der Waals surface area contributed by atoms with Gasteiger partial charge in [-0.3, -0.25) is 0 Å². The fourth-order valence-electron chi connectivity index (χ4n) is 4.43. The molecule has 3 aromatic carbocycles. The first kappa shape index (κ1) is 16.8. The van der Waals surface area contributed by atoms with E-state index in [1.807, 2.05) is 0 Å². The number of benzene rings is 3. The highest BCUT2D eigenvalue weighted by atomic mass is 31.2. The Balaban J connectivity index is 1.79. The second-order valence-electron chi connectivity index (χ2n) is 7.22. The van der Waals surface area contributed by atoms with Crippen molar-refractivity contribution in [2.24, 2.45) is 4.74 Å². The van der Waals surface area contributed by atoms with E-state index in [4.69, 9.17) is 4.74 Å². The Hall–Kier alpha value is -2.35. The van der Waals surface area contributed by atoms with Crippen LogP contribution in [0.1, 0.15) is 12.8 Å². The van der Waals surface area contributed by atoms with Gasteiger partial charge >= 0.3 is 0 Å². The first-order chi connectivity index (χ1) is 13.4. The van der Waals surface area contributed by atoms with Crippen molar-refractivity contribution in [2.75, 3.05) is 17.8 Å². The third-order valence-electron chi connectivity index (χ3n) is 5.59. The molecular formula is C23H24N3P. The van der Waals surface area contributed by atoms with Crippen LogP contribution in [0.15, 0.2) is 95.7 Å². The van der Waals surface area contributed by atoms with E-state index in [1.165, 1.54) is 23.8 Å². The van der Waals surface area contributed by atoms with Crippen LogP contribution in [-0.4, -0.2) is 23.8 Å². The molecule has 5 rings (SSSR count). The van der Waals surface area contributed by atoms with Gasteiger partial charge in [0.1, 0.15) is 0 Å². The zero-order chi connectivity index (χ0) is 18.1. The molecule has 136 valence electrons. The molecule has 0 aliphatic carbocycles. The van der Waals surface area contributed by atoms with Crippen molar-refractivity contribution in [3.63, 3.8) is 0 Å². The number of rotatable bonds is 3. The third kappa shape index (κ3) is 2.82. The second kappa shape index (κ2) is 6.99. The summed E-state index contributed by atoms with van der Waals surface area (Å²) in [6.45, 7) is 2.19. The summed E-state index contributed by atoms with van der Waals surface area (Å²) in [6, 6.07) is 32.9. The van der Waals surface area contributed by atoms with Crippen LogP contribution in [0.2, 0.25) is 0 Å². The van der Waals surface area contributed by atoms with Gasteiger partial charge in [-0.2, -0.15) is 0 Å². The van der Waals surface area contributed by atoms with E-state index < -0.39 is 7.36 Å². The molecule has 0 aromatic heterocycles. The molecule has 0 spiro atoms. The average Bonchev–Trinajstić information content (AvgIpc) is 3.32. The van der Waals surface area contributed by atoms with Crippen LogP contribution >= 0.6 is 7.36 Å². The van der Waals surface area contributed by atoms with Gasteiger partial charge in [0.15, 0.2) is 7.36 Å². The second-order valence-corrected chi connectivity index (χ2v) is 10.1. The Kier molecular flexibility index (Phi) is 4.35. The number of para-hydroxylation sites is 1. The highest BCUT2D eigenvalue weighted by molar-refractivity contribution is 7.73. The summed E-state index contributed by atoms with van der Waals surface area (Å²) in [5.41, 5.74) is 2.35. The van der Waals surface area contributed by atoms with Gasteiger partial charge in [0.25, 0.3) is 0 Å². The Morgan fingerprint density at radius 2 is 1.41 bits per heavy atom. The number of hydrogen-bond donors (Lipinski definition) is 0. The maximum Gasteiger partial charge on any atom is 0.156 e. The first-order valence-electron chi connectivity index (χ1n) is 9.71. The fraction of sp³-hybridized carbons (Fsp3) is 0.217. The number of hydrogen-bond acceptors (Lipinski definition) is 1. The molecular weight excluding hydrogens is 349 g/mol. The van der Waals surface area contributed by atoms with Crippen molar-refractivity contribution < 1.29 is 0 Å². The van der Waals surface area contributed by atoms with Gasteiger partial charge in [0.05, 0.1) is 5.69 Å². The number of nitrogens with zero attached hydrogens (tertiary/aromatic N) is 3. The molecule has 0 N–H and O–H groups in total. The minimum Gasteiger partial charge on any atom is -0.322 e. The summed E-state index contributed by atoms with van der Waals surface area (Å²) in [6.07, 6.45) is 2.54. The quantitative estimate of drug-likeness (QED) is 0.552. The third-order valence-corrected chi connectivity index (χ3v) is 9.40. The molecule has 27 heavy (non-hydrogen) atoms. The molecule has 0 amide bonds. The zero-order valence-corrected chi connectivity index (χ0v) is 16.2.